The Morgan fingerprint density at radius 3 is 2.51 bits per heavy atom. The number of aromatic nitrogens is 1. The maximum Gasteiger partial charge on any atom is 0.328 e. The van der Waals surface area contributed by atoms with E-state index in [-0.39, 0.29) is 4.91 Å². The highest BCUT2D eigenvalue weighted by atomic mass is 32.2. The number of aryl methyl sites for hydroxylation is 1. The minimum Gasteiger partial charge on any atom is -0.489 e. The molecule has 1 saturated heterocycles. The monoisotopic (exact) mass is 515 g/mol. The maximum absolute atomic E-state index is 12.9. The van der Waals surface area contributed by atoms with Gasteiger partial charge in [0.05, 0.1) is 23.6 Å². The zero-order valence-electron chi connectivity index (χ0n) is 20.8. The highest BCUT2D eigenvalue weighted by molar-refractivity contribution is 8.18. The number of carbonyl (C=O) groups is 3. The van der Waals surface area contributed by atoms with Crippen molar-refractivity contribution < 1.29 is 23.9 Å². The first-order valence-corrected chi connectivity index (χ1v) is 12.3. The van der Waals surface area contributed by atoms with E-state index in [2.05, 4.69) is 10.8 Å². The van der Waals surface area contributed by atoms with Gasteiger partial charge in [-0.1, -0.05) is 18.2 Å². The van der Waals surface area contributed by atoms with Crippen LogP contribution in [0.5, 0.6) is 5.75 Å². The maximum atomic E-state index is 12.9. The number of carbonyl (C=O) groups excluding carboxylic acids is 3. The molecule has 1 fully saturated rings. The zero-order valence-corrected chi connectivity index (χ0v) is 21.7. The number of nitriles is 1. The Bertz CT molecular complexity index is 1450. The summed E-state index contributed by atoms with van der Waals surface area (Å²) in [5.41, 5.74) is 4.95. The Labute approximate surface area is 219 Å². The lowest BCUT2D eigenvalue weighted by Gasteiger charge is -2.18. The van der Waals surface area contributed by atoms with Crippen LogP contribution in [0.25, 0.3) is 11.8 Å². The minimum atomic E-state index is -0.995. The molecule has 0 N–H and O–H groups in total. The average molecular weight is 516 g/mol. The normalized spacial score (nSPS) is 15.1. The van der Waals surface area contributed by atoms with Gasteiger partial charge in [-0.2, -0.15) is 5.26 Å². The molecule has 37 heavy (non-hydrogen) atoms. The molecule has 1 aliphatic rings. The molecular weight excluding hydrogens is 490 g/mol. The van der Waals surface area contributed by atoms with E-state index >= 15 is 0 Å². The third-order valence-corrected chi connectivity index (χ3v) is 7.02. The molecule has 4 rings (SSSR count). The molecule has 1 aliphatic heterocycles. The Balaban J connectivity index is 1.53. The molecule has 0 bridgehead atoms. The van der Waals surface area contributed by atoms with Gasteiger partial charge >= 0.3 is 5.97 Å². The van der Waals surface area contributed by atoms with Crippen molar-refractivity contribution in [1.29, 1.82) is 5.26 Å². The molecule has 1 atom stereocenters. The molecule has 0 spiro atoms. The zero-order chi connectivity index (χ0) is 26.7. The first-order chi connectivity index (χ1) is 17.7. The topological polar surface area (TPSA) is 102 Å². The van der Waals surface area contributed by atoms with Gasteiger partial charge in [-0.15, -0.1) is 0 Å². The van der Waals surface area contributed by atoms with Crippen molar-refractivity contribution in [2.75, 3.05) is 7.11 Å². The number of esters is 1. The van der Waals surface area contributed by atoms with Gasteiger partial charge in [-0.05, 0) is 80.6 Å². The van der Waals surface area contributed by atoms with Crippen molar-refractivity contribution in [3.05, 3.63) is 87.6 Å². The summed E-state index contributed by atoms with van der Waals surface area (Å²) in [6, 6.07) is 18.0. The van der Waals surface area contributed by atoms with E-state index in [0.717, 1.165) is 44.9 Å². The molecule has 0 unspecified atom stereocenters. The molecular formula is C28H25N3O5S. The second kappa shape index (κ2) is 10.8. The van der Waals surface area contributed by atoms with Crippen LogP contribution in [0, 0.1) is 25.2 Å². The van der Waals surface area contributed by atoms with Gasteiger partial charge in [0.25, 0.3) is 11.1 Å². The van der Waals surface area contributed by atoms with Crippen molar-refractivity contribution in [1.82, 2.24) is 9.47 Å². The second-order valence-electron chi connectivity index (χ2n) is 8.46. The fraction of sp³-hybridized carbons (Fsp3) is 0.214. The number of imide groups is 1. The van der Waals surface area contributed by atoms with E-state index in [1.54, 1.807) is 12.1 Å². The molecule has 0 saturated carbocycles. The minimum absolute atomic E-state index is 0.252. The van der Waals surface area contributed by atoms with E-state index in [0.29, 0.717) is 17.9 Å². The van der Waals surface area contributed by atoms with Crippen molar-refractivity contribution in [3.63, 3.8) is 0 Å². The molecule has 0 radical (unpaired) electrons. The molecule has 1 aromatic heterocycles. The number of hydrogen-bond acceptors (Lipinski definition) is 7. The molecule has 0 aliphatic carbocycles. The number of methoxy groups -OCH3 is 1. The van der Waals surface area contributed by atoms with E-state index in [1.165, 1.54) is 14.0 Å². The van der Waals surface area contributed by atoms with Gasteiger partial charge in [0.15, 0.2) is 0 Å². The van der Waals surface area contributed by atoms with Crippen LogP contribution in [0.3, 0.4) is 0 Å². The smallest absolute Gasteiger partial charge is 0.328 e. The van der Waals surface area contributed by atoms with Crippen molar-refractivity contribution in [3.8, 4) is 17.5 Å². The van der Waals surface area contributed by atoms with Gasteiger partial charge in [0.2, 0.25) is 0 Å². The van der Waals surface area contributed by atoms with Crippen LogP contribution in [0.15, 0.2) is 59.5 Å². The second-order valence-corrected chi connectivity index (χ2v) is 9.46. The highest BCUT2D eigenvalue weighted by Crippen LogP contribution is 2.35. The summed E-state index contributed by atoms with van der Waals surface area (Å²) in [6.45, 7) is 5.65. The Morgan fingerprint density at radius 2 is 1.84 bits per heavy atom. The molecule has 2 aromatic carbocycles. The number of benzene rings is 2. The Hall–Kier alpha value is -4.29. The SMILES string of the molecule is COC(=O)[C@H](C)N1C(=O)S/C(=C/c2cc(C)n(-c3ccc(OCc4ccccc4C#N)cc3)c2C)C1=O. The largest absolute Gasteiger partial charge is 0.489 e. The quantitative estimate of drug-likeness (QED) is 0.317. The lowest BCUT2D eigenvalue weighted by molar-refractivity contribution is -0.148. The van der Waals surface area contributed by atoms with E-state index in [4.69, 9.17) is 4.74 Å². The number of amides is 2. The van der Waals surface area contributed by atoms with Gasteiger partial charge in [-0.3, -0.25) is 14.5 Å². The third kappa shape index (κ3) is 5.15. The summed E-state index contributed by atoms with van der Waals surface area (Å²) in [5, 5.41) is 8.75. The molecule has 2 heterocycles. The Morgan fingerprint density at radius 1 is 1.14 bits per heavy atom. The lowest BCUT2D eigenvalue weighted by atomic mass is 10.1. The fourth-order valence-electron chi connectivity index (χ4n) is 4.17. The number of thioether (sulfide) groups is 1. The van der Waals surface area contributed by atoms with E-state index < -0.39 is 23.2 Å². The van der Waals surface area contributed by atoms with E-state index in [1.807, 2.05) is 66.9 Å². The van der Waals surface area contributed by atoms with Crippen LogP contribution >= 0.6 is 11.8 Å². The van der Waals surface area contributed by atoms with Crippen molar-refractivity contribution >= 4 is 35.0 Å². The van der Waals surface area contributed by atoms with Crippen LogP contribution in [0.1, 0.15) is 35.0 Å². The van der Waals surface area contributed by atoms with Crippen LogP contribution in [0.2, 0.25) is 0 Å². The molecule has 2 amide bonds. The first kappa shape index (κ1) is 25.8. The summed E-state index contributed by atoms with van der Waals surface area (Å²) in [5.74, 6) is -0.492. The fourth-order valence-corrected chi connectivity index (χ4v) is 5.07. The third-order valence-electron chi connectivity index (χ3n) is 6.14. The van der Waals surface area contributed by atoms with Crippen LogP contribution in [-0.4, -0.2) is 39.7 Å². The summed E-state index contributed by atoms with van der Waals surface area (Å²) in [6.07, 6.45) is 1.68. The predicted molar refractivity (Wildman–Crippen MR) is 140 cm³/mol. The van der Waals surface area contributed by atoms with Crippen molar-refractivity contribution in [2.24, 2.45) is 0 Å². The number of hydrogen-bond donors (Lipinski definition) is 0. The summed E-state index contributed by atoms with van der Waals surface area (Å²) < 4.78 is 12.6. The number of rotatable bonds is 7. The van der Waals surface area contributed by atoms with Gasteiger partial charge < -0.3 is 14.0 Å². The van der Waals surface area contributed by atoms with Crippen LogP contribution < -0.4 is 4.74 Å². The summed E-state index contributed by atoms with van der Waals surface area (Å²) >= 11 is 0.805. The lowest BCUT2D eigenvalue weighted by Crippen LogP contribution is -2.42. The predicted octanol–water partition coefficient (Wildman–Crippen LogP) is 5.14. The molecule has 9 heteroatoms. The standard InChI is InChI=1S/C28H25N3O5S/c1-17-13-22(14-25-26(32)31(28(34)37-25)19(3)27(33)35-4)18(2)30(17)23-9-11-24(12-10-23)36-16-21-8-6-5-7-20(21)15-29/h5-14,19H,16H2,1-4H3/b25-14+/t19-/m0/s1. The Kier molecular flexibility index (Phi) is 7.50. The van der Waals surface area contributed by atoms with Gasteiger partial charge in [-0.25, -0.2) is 4.79 Å². The molecule has 8 nitrogen and oxygen atoms in total. The van der Waals surface area contributed by atoms with Crippen LogP contribution in [0.4, 0.5) is 4.79 Å². The average Bonchev–Trinajstić information content (AvgIpc) is 3.34. The number of nitrogens with zero attached hydrogens (tertiary/aromatic N) is 3. The molecule has 188 valence electrons. The van der Waals surface area contributed by atoms with Crippen LogP contribution in [-0.2, 0) is 20.9 Å². The van der Waals surface area contributed by atoms with Crippen molar-refractivity contribution in [2.45, 2.75) is 33.4 Å². The van der Waals surface area contributed by atoms with E-state index in [9.17, 15) is 19.6 Å². The summed E-state index contributed by atoms with van der Waals surface area (Å²) in [4.78, 5) is 38.3. The van der Waals surface area contributed by atoms with Gasteiger partial charge in [0.1, 0.15) is 18.4 Å². The number of ether oxygens (including phenoxy) is 2. The summed E-state index contributed by atoms with van der Waals surface area (Å²) in [7, 11) is 1.22. The molecule has 3 aromatic rings. The first-order valence-electron chi connectivity index (χ1n) is 11.5. The highest BCUT2D eigenvalue weighted by Gasteiger charge is 2.41. The van der Waals surface area contributed by atoms with Gasteiger partial charge in [0, 0.05) is 22.6 Å².